The quantitative estimate of drug-likeness (QED) is 0.719. The molecule has 2 aromatic rings. The van der Waals surface area contributed by atoms with E-state index in [0.717, 1.165) is 0 Å². The van der Waals surface area contributed by atoms with Gasteiger partial charge < -0.3 is 0 Å². The molecule has 0 aliphatic carbocycles. The Morgan fingerprint density at radius 1 is 0.304 bits per heavy atom. The molecule has 23 heavy (non-hydrogen) atoms. The number of rotatable bonds is 2. The van der Waals surface area contributed by atoms with Gasteiger partial charge in [0.25, 0.3) is 0 Å². The van der Waals surface area contributed by atoms with Crippen LogP contribution in [0, 0.1) is 69.2 Å². The van der Waals surface area contributed by atoms with E-state index < -0.39 is 20.4 Å². The molecule has 0 amide bonds. The zero-order valence-corrected chi connectivity index (χ0v) is 18.1. The fraction of sp³-hybridized carbons (Fsp3) is 0.455. The van der Waals surface area contributed by atoms with Gasteiger partial charge in [0.05, 0.1) is 0 Å². The molecule has 0 bridgehead atoms. The van der Waals surface area contributed by atoms with Crippen LogP contribution < -0.4 is 7.39 Å². The predicted octanol–water partition coefficient (Wildman–Crippen LogP) is 4.43. The number of hydrogen-bond donors (Lipinski definition) is 0. The van der Waals surface area contributed by atoms with E-state index in [1.165, 1.54) is 55.6 Å². The molecule has 0 aliphatic rings. The Morgan fingerprint density at radius 2 is 0.478 bits per heavy atom. The summed E-state index contributed by atoms with van der Waals surface area (Å²) in [7, 11) is 0. The van der Waals surface area contributed by atoms with E-state index in [4.69, 9.17) is 0 Å². The van der Waals surface area contributed by atoms with E-state index in [-0.39, 0.29) is 0 Å². The van der Waals surface area contributed by atoms with Crippen molar-refractivity contribution in [3.05, 3.63) is 55.6 Å². The van der Waals surface area contributed by atoms with Gasteiger partial charge in [-0.25, -0.2) is 0 Å². The van der Waals surface area contributed by atoms with Gasteiger partial charge in [-0.1, -0.05) is 22.3 Å². The monoisotopic (exact) mass is 318 g/mol. The van der Waals surface area contributed by atoms with E-state index in [0.29, 0.717) is 0 Å². The highest BCUT2D eigenvalue weighted by atomic mass is 24.5. The standard InChI is InChI=1S/2C11H15.Mg/c2*1-7-6-8(2)10(4)11(5)9(7)3;/h2*1-5H3;. The van der Waals surface area contributed by atoms with Crippen LogP contribution in [-0.2, 0) is 0 Å². The van der Waals surface area contributed by atoms with E-state index in [1.54, 1.807) is 7.39 Å². The van der Waals surface area contributed by atoms with Crippen LogP contribution in [-0.4, -0.2) is 20.4 Å². The lowest BCUT2D eigenvalue weighted by Gasteiger charge is -2.23. The second-order valence-corrected chi connectivity index (χ2v) is 9.15. The topological polar surface area (TPSA) is 0 Å². The minimum atomic E-state index is -0.467. The van der Waals surface area contributed by atoms with Crippen molar-refractivity contribution < 1.29 is 0 Å². The molecule has 0 saturated carbocycles. The molecule has 2 rings (SSSR count). The Labute approximate surface area is 152 Å². The number of benzene rings is 2. The highest BCUT2D eigenvalue weighted by Crippen LogP contribution is 2.21. The summed E-state index contributed by atoms with van der Waals surface area (Å²) in [4.78, 5) is 0. The summed E-state index contributed by atoms with van der Waals surface area (Å²) in [6, 6.07) is 0. The van der Waals surface area contributed by atoms with Crippen LogP contribution in [0.1, 0.15) is 55.6 Å². The Hall–Kier alpha value is -0.794. The Morgan fingerprint density at radius 3 is 0.696 bits per heavy atom. The zero-order chi connectivity index (χ0) is 17.6. The average Bonchev–Trinajstić information content (AvgIpc) is 2.54. The first-order valence-corrected chi connectivity index (χ1v) is 10.1. The van der Waals surface area contributed by atoms with Gasteiger partial charge in [0.15, 0.2) is 0 Å². The summed E-state index contributed by atoms with van der Waals surface area (Å²) in [6.45, 7) is 23.0. The molecule has 2 aromatic carbocycles. The Balaban J connectivity index is 2.71. The molecule has 0 aliphatic heterocycles. The molecule has 0 heterocycles. The minimum Gasteiger partial charge on any atom is -0.159 e. The molecule has 0 nitrogen and oxygen atoms in total. The molecule has 0 saturated heterocycles. The summed E-state index contributed by atoms with van der Waals surface area (Å²) in [5.74, 6) is 0. The van der Waals surface area contributed by atoms with Gasteiger partial charge in [-0.15, -0.1) is 0 Å². The molecule has 0 radical (unpaired) electrons. The molecule has 0 fully saturated rings. The van der Waals surface area contributed by atoms with Crippen molar-refractivity contribution in [2.75, 3.05) is 0 Å². The van der Waals surface area contributed by atoms with Gasteiger partial charge in [-0.3, -0.25) is 0 Å². The van der Waals surface area contributed by atoms with Gasteiger partial charge in [-0.2, -0.15) is 7.39 Å². The molecule has 1 heteroatoms. The van der Waals surface area contributed by atoms with E-state index in [2.05, 4.69) is 69.2 Å². The van der Waals surface area contributed by atoms with Crippen LogP contribution in [0.15, 0.2) is 0 Å². The highest BCUT2D eigenvalue weighted by Gasteiger charge is 2.19. The van der Waals surface area contributed by atoms with Crippen LogP contribution in [0.5, 0.6) is 0 Å². The maximum Gasteiger partial charge on any atom is 0.452 e. The van der Waals surface area contributed by atoms with Gasteiger partial charge in [0, 0.05) is 0 Å². The lowest BCUT2D eigenvalue weighted by molar-refractivity contribution is 1.19. The first-order valence-electron chi connectivity index (χ1n) is 8.71. The van der Waals surface area contributed by atoms with E-state index in [1.807, 2.05) is 0 Å². The summed E-state index contributed by atoms with van der Waals surface area (Å²) in [5.41, 5.74) is 15.1. The molecule has 0 unspecified atom stereocenters. The van der Waals surface area contributed by atoms with Gasteiger partial charge in [0.2, 0.25) is 0 Å². The normalized spacial score (nSPS) is 10.9. The van der Waals surface area contributed by atoms with Crippen molar-refractivity contribution in [1.82, 2.24) is 0 Å². The molecular weight excluding hydrogens is 289 g/mol. The fourth-order valence-electron chi connectivity index (χ4n) is 3.86. The fourth-order valence-corrected chi connectivity index (χ4v) is 6.34. The van der Waals surface area contributed by atoms with Crippen molar-refractivity contribution in [2.45, 2.75) is 69.2 Å². The van der Waals surface area contributed by atoms with Gasteiger partial charge >= 0.3 is 20.4 Å². The van der Waals surface area contributed by atoms with Crippen molar-refractivity contribution >= 4 is 27.8 Å². The van der Waals surface area contributed by atoms with Crippen LogP contribution in [0.2, 0.25) is 0 Å². The summed E-state index contributed by atoms with van der Waals surface area (Å²) in [6.07, 6.45) is 0. The third-order valence-corrected chi connectivity index (χ3v) is 9.49. The first-order chi connectivity index (χ1) is 10.6. The van der Waals surface area contributed by atoms with Crippen molar-refractivity contribution in [3.8, 4) is 0 Å². The van der Waals surface area contributed by atoms with Crippen molar-refractivity contribution in [1.29, 1.82) is 0 Å². The molecule has 0 N–H and O–H groups in total. The van der Waals surface area contributed by atoms with Crippen LogP contribution in [0.4, 0.5) is 0 Å². The summed E-state index contributed by atoms with van der Waals surface area (Å²) >= 11 is -0.467. The van der Waals surface area contributed by atoms with E-state index >= 15 is 0 Å². The third-order valence-electron chi connectivity index (χ3n) is 6.66. The number of hydrogen-bond acceptors (Lipinski definition) is 0. The predicted molar refractivity (Wildman–Crippen MR) is 105 cm³/mol. The van der Waals surface area contributed by atoms with Gasteiger partial charge in [-0.05, 0) is 103 Å². The van der Waals surface area contributed by atoms with Crippen LogP contribution >= 0.6 is 0 Å². The van der Waals surface area contributed by atoms with Crippen LogP contribution in [0.25, 0.3) is 0 Å². The Kier molecular flexibility index (Phi) is 5.33. The second kappa shape index (κ2) is 6.60. The molecule has 0 atom stereocenters. The first kappa shape index (κ1) is 18.5. The maximum absolute atomic E-state index is 2.33. The molecule has 0 aromatic heterocycles. The smallest absolute Gasteiger partial charge is 0.159 e. The molecular formula is C22H30Mg. The Bertz CT molecular complexity index is 669. The SMILES string of the molecule is Cc1c(C)c(C)[c]([Mg][c]2c(C)c(C)c(C)c(C)c2C)c(C)c1C. The zero-order valence-electron chi connectivity index (χ0n) is 16.7. The molecule has 0 spiro atoms. The maximum atomic E-state index is 2.33. The lowest BCUT2D eigenvalue weighted by atomic mass is 9.94. The highest BCUT2D eigenvalue weighted by molar-refractivity contribution is 6.69. The lowest BCUT2D eigenvalue weighted by Crippen LogP contribution is -2.36. The summed E-state index contributed by atoms with van der Waals surface area (Å²) < 4.78 is 3.33. The second-order valence-electron chi connectivity index (χ2n) is 7.38. The van der Waals surface area contributed by atoms with Gasteiger partial charge in [0.1, 0.15) is 0 Å². The van der Waals surface area contributed by atoms with Crippen molar-refractivity contribution in [2.24, 2.45) is 0 Å². The minimum absolute atomic E-state index is 0.467. The summed E-state index contributed by atoms with van der Waals surface area (Å²) in [5, 5.41) is 0. The molecule has 120 valence electrons. The average molecular weight is 319 g/mol. The largest absolute Gasteiger partial charge is 0.452 e. The van der Waals surface area contributed by atoms with E-state index in [9.17, 15) is 0 Å². The van der Waals surface area contributed by atoms with Crippen molar-refractivity contribution in [3.63, 3.8) is 0 Å². The van der Waals surface area contributed by atoms with Crippen LogP contribution in [0.3, 0.4) is 0 Å². The third kappa shape index (κ3) is 2.98.